The van der Waals surface area contributed by atoms with Crippen LogP contribution in [0.25, 0.3) is 0 Å². The lowest BCUT2D eigenvalue weighted by atomic mass is 10.2. The number of rotatable bonds is 6. The van der Waals surface area contributed by atoms with Crippen molar-refractivity contribution in [3.63, 3.8) is 0 Å². The highest BCUT2D eigenvalue weighted by Crippen LogP contribution is 2.34. The van der Waals surface area contributed by atoms with E-state index in [1.807, 2.05) is 6.07 Å². The molecule has 0 bridgehead atoms. The Morgan fingerprint density at radius 2 is 2.24 bits per heavy atom. The number of unbranched alkanes of at least 4 members (excludes halogenated alkanes) is 2. The smallest absolute Gasteiger partial charge is 0.312 e. The second-order valence-electron chi connectivity index (χ2n) is 3.31. The van der Waals surface area contributed by atoms with Crippen LogP contribution in [0.3, 0.4) is 0 Å². The van der Waals surface area contributed by atoms with E-state index in [0.29, 0.717) is 25.9 Å². The second-order valence-corrected chi connectivity index (χ2v) is 3.72. The fraction of sp³-hybridized carbons (Fsp3) is 0.364. The van der Waals surface area contributed by atoms with E-state index in [2.05, 4.69) is 0 Å². The number of hydrogen-bond donors (Lipinski definition) is 0. The predicted octanol–water partition coefficient (Wildman–Crippen LogP) is 3.32. The van der Waals surface area contributed by atoms with Gasteiger partial charge in [-0.3, -0.25) is 10.1 Å². The zero-order valence-electron chi connectivity index (χ0n) is 9.06. The van der Waals surface area contributed by atoms with Gasteiger partial charge in [0.05, 0.1) is 22.6 Å². The van der Waals surface area contributed by atoms with Crippen LogP contribution in [0.5, 0.6) is 5.75 Å². The van der Waals surface area contributed by atoms with Crippen LogP contribution in [0.1, 0.15) is 19.3 Å². The zero-order chi connectivity index (χ0) is 12.7. The van der Waals surface area contributed by atoms with Crippen molar-refractivity contribution < 1.29 is 9.66 Å². The summed E-state index contributed by atoms with van der Waals surface area (Å²) in [6.45, 7) is 0.312. The van der Waals surface area contributed by atoms with Gasteiger partial charge in [-0.05, 0) is 18.9 Å². The largest absolute Gasteiger partial charge is 0.486 e. The highest BCUT2D eigenvalue weighted by Gasteiger charge is 2.17. The van der Waals surface area contributed by atoms with E-state index >= 15 is 0 Å². The molecule has 0 saturated carbocycles. The van der Waals surface area contributed by atoms with Crippen molar-refractivity contribution in [3.8, 4) is 11.8 Å². The van der Waals surface area contributed by atoms with Crippen LogP contribution in [0.4, 0.5) is 5.69 Å². The summed E-state index contributed by atoms with van der Waals surface area (Å²) in [4.78, 5) is 10.2. The molecule has 0 aliphatic carbocycles. The van der Waals surface area contributed by atoms with Gasteiger partial charge in [-0.2, -0.15) is 5.26 Å². The summed E-state index contributed by atoms with van der Waals surface area (Å²) in [6, 6.07) is 6.41. The maximum absolute atomic E-state index is 10.7. The van der Waals surface area contributed by atoms with Crippen LogP contribution in [0.2, 0.25) is 5.02 Å². The molecule has 0 heterocycles. The van der Waals surface area contributed by atoms with Gasteiger partial charge < -0.3 is 4.74 Å². The van der Waals surface area contributed by atoms with Crippen LogP contribution in [0.15, 0.2) is 18.2 Å². The van der Waals surface area contributed by atoms with E-state index in [9.17, 15) is 10.1 Å². The first kappa shape index (κ1) is 13.3. The molecule has 0 aromatic heterocycles. The van der Waals surface area contributed by atoms with Crippen LogP contribution in [0, 0.1) is 21.4 Å². The fourth-order valence-corrected chi connectivity index (χ4v) is 1.49. The molecule has 0 N–H and O–H groups in total. The average Bonchev–Trinajstić information content (AvgIpc) is 2.30. The topological polar surface area (TPSA) is 76.2 Å². The molecule has 0 saturated heterocycles. The summed E-state index contributed by atoms with van der Waals surface area (Å²) in [5, 5.41) is 19.3. The van der Waals surface area contributed by atoms with Crippen LogP contribution < -0.4 is 4.74 Å². The Kier molecular flexibility index (Phi) is 5.24. The number of nitro benzene ring substituents is 1. The Morgan fingerprint density at radius 1 is 1.47 bits per heavy atom. The molecule has 0 fully saturated rings. The highest BCUT2D eigenvalue weighted by molar-refractivity contribution is 6.32. The van der Waals surface area contributed by atoms with Crippen molar-refractivity contribution in [1.82, 2.24) is 0 Å². The molecule has 0 aliphatic rings. The normalized spacial score (nSPS) is 9.65. The van der Waals surface area contributed by atoms with Crippen molar-refractivity contribution in [2.45, 2.75) is 19.3 Å². The molecule has 6 heteroatoms. The van der Waals surface area contributed by atoms with Gasteiger partial charge in [-0.1, -0.05) is 17.7 Å². The van der Waals surface area contributed by atoms with Crippen LogP contribution in [-0.4, -0.2) is 11.5 Å². The van der Waals surface area contributed by atoms with Gasteiger partial charge in [0.25, 0.3) is 0 Å². The maximum atomic E-state index is 10.7. The molecule has 1 rings (SSSR count). The van der Waals surface area contributed by atoms with Gasteiger partial charge in [0.1, 0.15) is 0 Å². The molecule has 5 nitrogen and oxygen atoms in total. The van der Waals surface area contributed by atoms with E-state index in [0.717, 1.165) is 0 Å². The Labute approximate surface area is 104 Å². The van der Waals surface area contributed by atoms with Gasteiger partial charge in [-0.25, -0.2) is 0 Å². The first-order valence-electron chi connectivity index (χ1n) is 5.09. The van der Waals surface area contributed by atoms with Crippen molar-refractivity contribution in [1.29, 1.82) is 5.26 Å². The average molecular weight is 255 g/mol. The van der Waals surface area contributed by atoms with Crippen molar-refractivity contribution in [2.24, 2.45) is 0 Å². The Balaban J connectivity index is 2.63. The van der Waals surface area contributed by atoms with Crippen LogP contribution in [-0.2, 0) is 0 Å². The van der Waals surface area contributed by atoms with Crippen molar-refractivity contribution >= 4 is 17.3 Å². The first-order chi connectivity index (χ1) is 8.16. The molecule has 0 atom stereocenters. The standard InChI is InChI=1S/C11H11ClN2O3/c12-9-5-4-6-10(14(15)16)11(9)17-8-3-1-2-7-13/h4-6H,1-3,8H2. The number of nitrogens with zero attached hydrogens (tertiary/aromatic N) is 2. The summed E-state index contributed by atoms with van der Waals surface area (Å²) in [5.74, 6) is 0.0936. The molecular formula is C11H11ClN2O3. The van der Waals surface area contributed by atoms with Crippen LogP contribution >= 0.6 is 11.6 Å². The maximum Gasteiger partial charge on any atom is 0.312 e. The van der Waals surface area contributed by atoms with Gasteiger partial charge in [0, 0.05) is 12.5 Å². The zero-order valence-corrected chi connectivity index (χ0v) is 9.81. The van der Waals surface area contributed by atoms with E-state index in [1.54, 1.807) is 6.07 Å². The Bertz CT molecular complexity index is 443. The summed E-state index contributed by atoms with van der Waals surface area (Å²) in [7, 11) is 0. The Hall–Kier alpha value is -1.80. The monoisotopic (exact) mass is 254 g/mol. The Morgan fingerprint density at radius 3 is 2.88 bits per heavy atom. The molecule has 0 amide bonds. The molecule has 1 aromatic rings. The van der Waals surface area contributed by atoms with Gasteiger partial charge in [-0.15, -0.1) is 0 Å². The lowest BCUT2D eigenvalue weighted by Crippen LogP contribution is -2.01. The molecule has 0 radical (unpaired) electrons. The second kappa shape index (κ2) is 6.71. The molecule has 0 aliphatic heterocycles. The summed E-state index contributed by atoms with van der Waals surface area (Å²) in [5.41, 5.74) is -0.141. The van der Waals surface area contributed by atoms with E-state index in [-0.39, 0.29) is 16.5 Å². The lowest BCUT2D eigenvalue weighted by Gasteiger charge is -2.07. The third kappa shape index (κ3) is 3.93. The summed E-state index contributed by atoms with van der Waals surface area (Å²) < 4.78 is 5.29. The molecule has 1 aromatic carbocycles. The fourth-order valence-electron chi connectivity index (χ4n) is 1.26. The number of halogens is 1. The van der Waals surface area contributed by atoms with Gasteiger partial charge >= 0.3 is 5.69 Å². The molecule has 17 heavy (non-hydrogen) atoms. The van der Waals surface area contributed by atoms with E-state index in [4.69, 9.17) is 21.6 Å². The van der Waals surface area contributed by atoms with Crippen molar-refractivity contribution in [2.75, 3.05) is 6.61 Å². The molecule has 0 unspecified atom stereocenters. The minimum Gasteiger partial charge on any atom is -0.486 e. The number of nitriles is 1. The quantitative estimate of drug-likeness (QED) is 0.443. The highest BCUT2D eigenvalue weighted by atomic mass is 35.5. The number of benzene rings is 1. The van der Waals surface area contributed by atoms with E-state index in [1.165, 1.54) is 12.1 Å². The minimum atomic E-state index is -0.531. The number of nitro groups is 1. The molecular weight excluding hydrogens is 244 g/mol. The predicted molar refractivity (Wildman–Crippen MR) is 63.1 cm³/mol. The van der Waals surface area contributed by atoms with Gasteiger partial charge in [0.2, 0.25) is 5.75 Å². The van der Waals surface area contributed by atoms with Crippen molar-refractivity contribution in [3.05, 3.63) is 33.3 Å². The SMILES string of the molecule is N#CCCCCOc1c(Cl)cccc1[N+](=O)[O-]. The minimum absolute atomic E-state index is 0.0936. The lowest BCUT2D eigenvalue weighted by molar-refractivity contribution is -0.385. The number of hydrogen-bond acceptors (Lipinski definition) is 4. The number of ether oxygens (including phenoxy) is 1. The van der Waals surface area contributed by atoms with Gasteiger partial charge in [0.15, 0.2) is 0 Å². The first-order valence-corrected chi connectivity index (χ1v) is 5.47. The summed E-state index contributed by atoms with van der Waals surface area (Å²) >= 11 is 5.83. The van der Waals surface area contributed by atoms with E-state index < -0.39 is 4.92 Å². The number of para-hydroxylation sites is 1. The molecule has 90 valence electrons. The third-order valence-corrected chi connectivity index (χ3v) is 2.37. The summed E-state index contributed by atoms with van der Waals surface area (Å²) in [6.07, 6.45) is 1.82. The third-order valence-electron chi connectivity index (χ3n) is 2.07. The molecule has 0 spiro atoms.